The average Bonchev–Trinajstić information content (AvgIpc) is 3.16. The summed E-state index contributed by atoms with van der Waals surface area (Å²) in [6, 6.07) is 17.3. The van der Waals surface area contributed by atoms with Crippen molar-refractivity contribution in [2.24, 2.45) is 0 Å². The molecule has 1 fully saturated rings. The van der Waals surface area contributed by atoms with E-state index in [2.05, 4.69) is 5.32 Å². The largest absolute Gasteiger partial charge is 0.350 e. The van der Waals surface area contributed by atoms with Crippen molar-refractivity contribution in [2.45, 2.75) is 19.5 Å². The van der Waals surface area contributed by atoms with E-state index in [9.17, 15) is 9.59 Å². The molecule has 1 atom stereocenters. The molecule has 1 saturated heterocycles. The first-order valence-electron chi connectivity index (χ1n) is 8.58. The van der Waals surface area contributed by atoms with E-state index in [1.807, 2.05) is 61.5 Å². The second kappa shape index (κ2) is 8.72. The van der Waals surface area contributed by atoms with E-state index in [0.717, 1.165) is 11.1 Å². The van der Waals surface area contributed by atoms with Gasteiger partial charge in [0.25, 0.3) is 0 Å². The fourth-order valence-electron chi connectivity index (χ4n) is 2.72. The third-order valence-electron chi connectivity index (χ3n) is 4.27. The van der Waals surface area contributed by atoms with Crippen LogP contribution in [0.4, 0.5) is 0 Å². The Kier molecular flexibility index (Phi) is 6.12. The molecule has 0 unspecified atom stereocenters. The molecule has 2 amide bonds. The summed E-state index contributed by atoms with van der Waals surface area (Å²) >= 11 is 1.60. The van der Waals surface area contributed by atoms with Gasteiger partial charge in [-0.25, -0.2) is 0 Å². The quantitative estimate of drug-likeness (QED) is 0.827. The summed E-state index contributed by atoms with van der Waals surface area (Å²) in [5.41, 5.74) is 3.20. The Labute approximate surface area is 158 Å². The Morgan fingerprint density at radius 3 is 2.62 bits per heavy atom. The van der Waals surface area contributed by atoms with Gasteiger partial charge >= 0.3 is 0 Å². The highest BCUT2D eigenvalue weighted by atomic mass is 32.2. The molecule has 134 valence electrons. The number of nitrogens with zero attached hydrogens (tertiary/aromatic N) is 1. The third-order valence-corrected chi connectivity index (χ3v) is 5.29. The smallest absolute Gasteiger partial charge is 0.247 e. The Morgan fingerprint density at radius 2 is 1.88 bits per heavy atom. The summed E-state index contributed by atoms with van der Waals surface area (Å²) in [4.78, 5) is 26.7. The van der Waals surface area contributed by atoms with Crippen molar-refractivity contribution < 1.29 is 9.59 Å². The maximum atomic E-state index is 12.5. The molecule has 1 aliphatic heterocycles. The van der Waals surface area contributed by atoms with Crippen LogP contribution in [0.2, 0.25) is 0 Å². The number of carbonyl (C=O) groups is 2. The Bertz CT molecular complexity index is 787. The first kappa shape index (κ1) is 18.3. The zero-order valence-electron chi connectivity index (χ0n) is 14.7. The second-order valence-corrected chi connectivity index (χ2v) is 7.27. The number of amides is 2. The van der Waals surface area contributed by atoms with Crippen LogP contribution in [0.3, 0.4) is 0 Å². The molecular weight excluding hydrogens is 344 g/mol. The fourth-order valence-corrected chi connectivity index (χ4v) is 3.88. The van der Waals surface area contributed by atoms with Crippen LogP contribution < -0.4 is 5.32 Å². The molecule has 0 saturated carbocycles. The van der Waals surface area contributed by atoms with Gasteiger partial charge < -0.3 is 10.2 Å². The van der Waals surface area contributed by atoms with Crippen LogP contribution in [0.15, 0.2) is 60.7 Å². The first-order valence-corrected chi connectivity index (χ1v) is 9.74. The molecule has 1 N–H and O–H groups in total. The summed E-state index contributed by atoms with van der Waals surface area (Å²) in [6.45, 7) is 2.50. The lowest BCUT2D eigenvalue weighted by atomic mass is 10.1. The van der Waals surface area contributed by atoms with E-state index < -0.39 is 6.04 Å². The number of thioether (sulfide) groups is 1. The average molecular weight is 366 g/mol. The number of carbonyl (C=O) groups excluding carboxylic acids is 2. The Hall–Kier alpha value is -2.53. The van der Waals surface area contributed by atoms with Gasteiger partial charge in [0, 0.05) is 18.4 Å². The molecule has 0 aliphatic carbocycles. The van der Waals surface area contributed by atoms with Crippen LogP contribution in [0, 0.1) is 6.92 Å². The van der Waals surface area contributed by atoms with Gasteiger partial charge in [-0.2, -0.15) is 0 Å². The number of rotatable bonds is 5. The van der Waals surface area contributed by atoms with E-state index in [0.29, 0.717) is 18.2 Å². The molecule has 5 heteroatoms. The molecule has 26 heavy (non-hydrogen) atoms. The molecule has 2 aromatic rings. The van der Waals surface area contributed by atoms with Crippen molar-refractivity contribution in [3.63, 3.8) is 0 Å². The number of hydrogen-bond donors (Lipinski definition) is 1. The lowest BCUT2D eigenvalue weighted by Crippen LogP contribution is -2.46. The van der Waals surface area contributed by atoms with Crippen molar-refractivity contribution in [3.8, 4) is 0 Å². The first-order chi connectivity index (χ1) is 12.6. The summed E-state index contributed by atoms with van der Waals surface area (Å²) in [6.07, 6.45) is 3.34. The lowest BCUT2D eigenvalue weighted by Gasteiger charge is -2.21. The zero-order chi connectivity index (χ0) is 18.4. The second-order valence-electron chi connectivity index (χ2n) is 6.27. The zero-order valence-corrected chi connectivity index (χ0v) is 15.5. The molecule has 0 spiro atoms. The number of aryl methyl sites for hydroxylation is 1. The van der Waals surface area contributed by atoms with Crippen molar-refractivity contribution in [2.75, 3.05) is 11.6 Å². The Morgan fingerprint density at radius 1 is 1.15 bits per heavy atom. The van der Waals surface area contributed by atoms with Gasteiger partial charge in [-0.15, -0.1) is 11.8 Å². The van der Waals surface area contributed by atoms with E-state index in [1.54, 1.807) is 28.8 Å². The fraction of sp³-hybridized carbons (Fsp3) is 0.238. The molecule has 0 aromatic heterocycles. The van der Waals surface area contributed by atoms with Crippen LogP contribution in [0.5, 0.6) is 0 Å². The van der Waals surface area contributed by atoms with Gasteiger partial charge in [0.1, 0.15) is 6.04 Å². The van der Waals surface area contributed by atoms with Crippen molar-refractivity contribution >= 4 is 29.7 Å². The van der Waals surface area contributed by atoms with Crippen LogP contribution in [-0.4, -0.2) is 34.4 Å². The molecule has 1 heterocycles. The minimum absolute atomic E-state index is 0.101. The molecule has 3 rings (SSSR count). The van der Waals surface area contributed by atoms with Crippen LogP contribution >= 0.6 is 11.8 Å². The molecule has 0 bridgehead atoms. The third kappa shape index (κ3) is 4.76. The van der Waals surface area contributed by atoms with E-state index in [1.165, 1.54) is 5.56 Å². The lowest BCUT2D eigenvalue weighted by molar-refractivity contribution is -0.134. The minimum atomic E-state index is -0.418. The van der Waals surface area contributed by atoms with Crippen LogP contribution in [-0.2, 0) is 16.1 Å². The van der Waals surface area contributed by atoms with Gasteiger partial charge in [-0.3, -0.25) is 9.59 Å². The van der Waals surface area contributed by atoms with Gasteiger partial charge in [-0.05, 0) is 24.1 Å². The Balaban J connectivity index is 1.58. The minimum Gasteiger partial charge on any atom is -0.350 e. The SMILES string of the molecule is Cc1ccc(/C=C/C(=O)N2CSC[C@H]2C(=O)NCc2ccccc2)cc1. The number of benzene rings is 2. The normalized spacial score (nSPS) is 16.8. The number of hydrogen-bond acceptors (Lipinski definition) is 3. The molecule has 2 aromatic carbocycles. The van der Waals surface area contributed by atoms with Gasteiger partial charge in [0.15, 0.2) is 0 Å². The van der Waals surface area contributed by atoms with Crippen molar-refractivity contribution in [1.29, 1.82) is 0 Å². The number of nitrogens with one attached hydrogen (secondary N) is 1. The molecule has 4 nitrogen and oxygen atoms in total. The highest BCUT2D eigenvalue weighted by Gasteiger charge is 2.33. The van der Waals surface area contributed by atoms with Crippen molar-refractivity contribution in [1.82, 2.24) is 10.2 Å². The van der Waals surface area contributed by atoms with Gasteiger partial charge in [0.05, 0.1) is 5.88 Å². The predicted octanol–water partition coefficient (Wildman–Crippen LogP) is 3.23. The maximum absolute atomic E-state index is 12.5. The standard InChI is InChI=1S/C21H22N2O2S/c1-16-7-9-17(10-8-16)11-12-20(24)23-15-26-14-19(23)21(25)22-13-18-5-3-2-4-6-18/h2-12,19H,13-15H2,1H3,(H,22,25)/b12-11+/t19-/m0/s1. The highest BCUT2D eigenvalue weighted by Crippen LogP contribution is 2.22. The van der Waals surface area contributed by atoms with Crippen LogP contribution in [0.25, 0.3) is 6.08 Å². The topological polar surface area (TPSA) is 49.4 Å². The van der Waals surface area contributed by atoms with Gasteiger partial charge in [-0.1, -0.05) is 60.2 Å². The van der Waals surface area contributed by atoms with E-state index in [4.69, 9.17) is 0 Å². The van der Waals surface area contributed by atoms with Gasteiger partial charge in [0.2, 0.25) is 11.8 Å². The van der Waals surface area contributed by atoms with E-state index in [-0.39, 0.29) is 11.8 Å². The molecule has 0 radical (unpaired) electrons. The van der Waals surface area contributed by atoms with Crippen LogP contribution in [0.1, 0.15) is 16.7 Å². The monoisotopic (exact) mass is 366 g/mol. The maximum Gasteiger partial charge on any atom is 0.247 e. The summed E-state index contributed by atoms with van der Waals surface area (Å²) in [5.74, 6) is 0.942. The van der Waals surface area contributed by atoms with E-state index >= 15 is 0 Å². The molecule has 1 aliphatic rings. The summed E-state index contributed by atoms with van der Waals surface area (Å²) < 4.78 is 0. The molecular formula is C21H22N2O2S. The van der Waals surface area contributed by atoms with Crippen molar-refractivity contribution in [3.05, 3.63) is 77.4 Å². The predicted molar refractivity (Wildman–Crippen MR) is 106 cm³/mol. The summed E-state index contributed by atoms with van der Waals surface area (Å²) in [7, 11) is 0. The summed E-state index contributed by atoms with van der Waals surface area (Å²) in [5, 5.41) is 2.94. The highest BCUT2D eigenvalue weighted by molar-refractivity contribution is 7.99.